The minimum atomic E-state index is -4.24. The molecule has 1 aromatic rings. The highest BCUT2D eigenvalue weighted by atomic mass is 35.5. The van der Waals surface area contributed by atoms with Crippen LogP contribution < -0.4 is 20.7 Å². The van der Waals surface area contributed by atoms with Gasteiger partial charge in [0.1, 0.15) is 6.54 Å². The number of anilines is 2. The van der Waals surface area contributed by atoms with Gasteiger partial charge in [-0.25, -0.2) is 0 Å². The molecule has 2 aliphatic rings. The predicted molar refractivity (Wildman–Crippen MR) is 84.3 cm³/mol. The van der Waals surface area contributed by atoms with E-state index in [-0.39, 0.29) is 6.04 Å². The average molecular weight is 329 g/mol. The van der Waals surface area contributed by atoms with Crippen LogP contribution in [0.5, 0.6) is 0 Å². The molecule has 0 saturated carbocycles. The van der Waals surface area contributed by atoms with Crippen molar-refractivity contribution in [3.05, 3.63) is 34.8 Å². The summed E-state index contributed by atoms with van der Waals surface area (Å²) in [5, 5.41) is 5.27. The number of halogens is 4. The minimum absolute atomic E-state index is 0.251. The van der Waals surface area contributed by atoms with Gasteiger partial charge < -0.3 is 10.2 Å². The monoisotopic (exact) mass is 328 g/mol. The number of nitrogens with zero attached hydrogens (tertiary/aromatic N) is 1. The molecule has 6 heteroatoms. The van der Waals surface area contributed by atoms with Crippen LogP contribution in [0.2, 0.25) is 0 Å². The summed E-state index contributed by atoms with van der Waals surface area (Å²) < 4.78 is 38.8. The number of allylic oxidation sites excluding steroid dienone is 1. The molecule has 2 aliphatic heterocycles. The molecule has 0 aromatic heterocycles. The molecule has 0 saturated heterocycles. The molecule has 2 nitrogen and oxygen atoms in total. The van der Waals surface area contributed by atoms with Gasteiger partial charge in [0.2, 0.25) is 0 Å². The number of alkyl halides is 3. The number of hydrogen-bond acceptors (Lipinski definition) is 2. The molecule has 1 aromatic carbocycles. The van der Waals surface area contributed by atoms with E-state index in [0.717, 1.165) is 21.7 Å². The molecule has 0 fully saturated rings. The summed E-state index contributed by atoms with van der Waals surface area (Å²) >= 11 is 6.30. The first-order valence-electron chi connectivity index (χ1n) is 7.13. The summed E-state index contributed by atoms with van der Waals surface area (Å²) in [6.45, 7) is 2.85. The van der Waals surface area contributed by atoms with Crippen LogP contribution in [0.4, 0.5) is 24.5 Å². The molecule has 0 bridgehead atoms. The summed E-state index contributed by atoms with van der Waals surface area (Å²) in [4.78, 5) is 1.44. The van der Waals surface area contributed by atoms with E-state index in [1.165, 1.54) is 4.90 Å². The van der Waals surface area contributed by atoms with Crippen LogP contribution in [-0.4, -0.2) is 18.8 Å². The van der Waals surface area contributed by atoms with Gasteiger partial charge in [-0.3, -0.25) is 0 Å². The van der Waals surface area contributed by atoms with Crippen LogP contribution in [0, 0.1) is 0 Å². The maximum absolute atomic E-state index is 12.9. The van der Waals surface area contributed by atoms with Crippen molar-refractivity contribution in [1.82, 2.24) is 0 Å². The van der Waals surface area contributed by atoms with E-state index in [0.29, 0.717) is 17.1 Å². The molecular formula is C16H16ClF3N2. The summed E-state index contributed by atoms with van der Waals surface area (Å²) in [5.74, 6) is 0. The third-order valence-electron chi connectivity index (χ3n) is 4.21. The van der Waals surface area contributed by atoms with Crippen molar-refractivity contribution in [2.24, 2.45) is 0 Å². The predicted octanol–water partition coefficient (Wildman–Crippen LogP) is 3.30. The van der Waals surface area contributed by atoms with Gasteiger partial charge in [-0.05, 0) is 37.1 Å². The van der Waals surface area contributed by atoms with Gasteiger partial charge in [-0.2, -0.15) is 13.2 Å². The second kappa shape index (κ2) is 5.23. The van der Waals surface area contributed by atoms with E-state index < -0.39 is 12.7 Å². The molecule has 118 valence electrons. The van der Waals surface area contributed by atoms with Gasteiger partial charge >= 0.3 is 6.18 Å². The lowest BCUT2D eigenvalue weighted by Gasteiger charge is -2.29. The maximum Gasteiger partial charge on any atom is 0.405 e. The van der Waals surface area contributed by atoms with E-state index >= 15 is 0 Å². The Morgan fingerprint density at radius 3 is 2.64 bits per heavy atom. The highest BCUT2D eigenvalue weighted by molar-refractivity contribution is 6.47. The average Bonchev–Trinajstić information content (AvgIpc) is 2.69. The Hall–Kier alpha value is -1.62. The zero-order valence-electron chi connectivity index (χ0n) is 12.3. The quantitative estimate of drug-likeness (QED) is 0.896. The van der Waals surface area contributed by atoms with Crippen molar-refractivity contribution in [3.8, 4) is 0 Å². The third-order valence-corrected chi connectivity index (χ3v) is 4.52. The molecule has 1 unspecified atom stereocenters. The van der Waals surface area contributed by atoms with Crippen molar-refractivity contribution in [2.45, 2.75) is 32.5 Å². The Bertz CT molecular complexity index is 765. The van der Waals surface area contributed by atoms with Gasteiger partial charge in [0.15, 0.2) is 0 Å². The fourth-order valence-electron chi connectivity index (χ4n) is 3.37. The van der Waals surface area contributed by atoms with Gasteiger partial charge in [0.25, 0.3) is 0 Å². The number of rotatable bonds is 2. The van der Waals surface area contributed by atoms with Crippen molar-refractivity contribution < 1.29 is 13.2 Å². The van der Waals surface area contributed by atoms with E-state index in [2.05, 4.69) is 5.32 Å². The van der Waals surface area contributed by atoms with E-state index in [1.54, 1.807) is 24.4 Å². The largest absolute Gasteiger partial charge is 0.405 e. The van der Waals surface area contributed by atoms with Crippen LogP contribution in [0.1, 0.15) is 20.3 Å². The standard InChI is InChI=1S/C16H16ClF3N2/c1-3-12-9(2)14-13(22(12)8-16(18,19)20)5-4-11-15(14)10(17)6-7-21-11/h4-7,12,21H,3,8H2,1-2H3. The lowest BCUT2D eigenvalue weighted by molar-refractivity contribution is -0.120. The molecule has 3 rings (SSSR count). The number of nitrogens with one attached hydrogen (secondary N) is 1. The first-order valence-corrected chi connectivity index (χ1v) is 7.51. The Balaban J connectivity index is 2.28. The second-order valence-electron chi connectivity index (χ2n) is 5.56. The first-order chi connectivity index (χ1) is 10.3. The van der Waals surface area contributed by atoms with Crippen LogP contribution in [0.3, 0.4) is 0 Å². The maximum atomic E-state index is 12.9. The molecule has 0 radical (unpaired) electrons. The molecule has 22 heavy (non-hydrogen) atoms. The lowest BCUT2D eigenvalue weighted by Crippen LogP contribution is -2.40. The molecule has 1 atom stereocenters. The van der Waals surface area contributed by atoms with E-state index in [1.807, 2.05) is 13.8 Å². The molecule has 0 amide bonds. The van der Waals surface area contributed by atoms with Gasteiger partial charge in [-0.15, -0.1) is 0 Å². The van der Waals surface area contributed by atoms with Gasteiger partial charge in [0.05, 0.1) is 11.1 Å². The summed E-state index contributed by atoms with van der Waals surface area (Å²) in [5.41, 5.74) is 2.37. The topological polar surface area (TPSA) is 15.3 Å². The van der Waals surface area contributed by atoms with Crippen molar-refractivity contribution in [3.63, 3.8) is 0 Å². The van der Waals surface area contributed by atoms with Crippen LogP contribution in [0.25, 0.3) is 10.6 Å². The van der Waals surface area contributed by atoms with Crippen LogP contribution in [-0.2, 0) is 0 Å². The smallest absolute Gasteiger partial charge is 0.361 e. The molecule has 1 N–H and O–H groups in total. The Morgan fingerprint density at radius 1 is 1.27 bits per heavy atom. The molecular weight excluding hydrogens is 313 g/mol. The number of fused-ring (bicyclic) bond motifs is 3. The number of hydrogen-bond donors (Lipinski definition) is 1. The van der Waals surface area contributed by atoms with Crippen molar-refractivity contribution in [1.29, 1.82) is 0 Å². The summed E-state index contributed by atoms with van der Waals surface area (Å²) in [6.07, 6.45) is -0.167. The van der Waals surface area contributed by atoms with Crippen LogP contribution >= 0.6 is 11.6 Å². The number of benzene rings is 1. The second-order valence-corrected chi connectivity index (χ2v) is 5.97. The van der Waals surface area contributed by atoms with Crippen molar-refractivity contribution in [2.75, 3.05) is 16.8 Å². The molecule has 0 aliphatic carbocycles. The first kappa shape index (κ1) is 15.3. The fourth-order valence-corrected chi connectivity index (χ4v) is 3.63. The lowest BCUT2D eigenvalue weighted by atomic mass is 10.0. The normalized spacial score (nSPS) is 20.1. The summed E-state index contributed by atoms with van der Waals surface area (Å²) in [7, 11) is 0. The Labute approximate surface area is 131 Å². The van der Waals surface area contributed by atoms with Gasteiger partial charge in [0, 0.05) is 28.0 Å². The zero-order valence-corrected chi connectivity index (χ0v) is 13.0. The minimum Gasteiger partial charge on any atom is -0.361 e. The Morgan fingerprint density at radius 2 is 2.00 bits per heavy atom. The van der Waals surface area contributed by atoms with Crippen LogP contribution in [0.15, 0.2) is 24.4 Å². The van der Waals surface area contributed by atoms with Gasteiger partial charge in [-0.1, -0.05) is 18.5 Å². The highest BCUT2D eigenvalue weighted by Crippen LogP contribution is 2.31. The fraction of sp³-hybridized carbons (Fsp3) is 0.375. The van der Waals surface area contributed by atoms with E-state index in [9.17, 15) is 13.2 Å². The Kier molecular flexibility index (Phi) is 3.63. The SMILES string of the molecule is CCC1C(C)=c2c(ccc3c2=C(Cl)C=CN3)N1CC(F)(F)F. The summed E-state index contributed by atoms with van der Waals surface area (Å²) in [6, 6.07) is 3.28. The van der Waals surface area contributed by atoms with Crippen molar-refractivity contribution >= 4 is 33.6 Å². The van der Waals surface area contributed by atoms with E-state index in [4.69, 9.17) is 11.6 Å². The molecule has 0 spiro atoms. The third kappa shape index (κ3) is 2.37. The zero-order chi connectivity index (χ0) is 16.1. The highest BCUT2D eigenvalue weighted by Gasteiger charge is 2.37. The molecule has 2 heterocycles.